The molecule has 128 valence electrons. The Morgan fingerprint density at radius 1 is 0.917 bits per heavy atom. The average Bonchev–Trinajstić information content (AvgIpc) is 2.41. The fourth-order valence-corrected chi connectivity index (χ4v) is 4.37. The Balaban J connectivity index is 2.18. The van der Waals surface area contributed by atoms with Gasteiger partial charge in [0.25, 0.3) is 7.59 Å². The number of nitrogens with zero attached hydrogens (tertiary/aromatic N) is 1. The van der Waals surface area contributed by atoms with Gasteiger partial charge in [-0.3, -0.25) is 35.8 Å². The van der Waals surface area contributed by atoms with Gasteiger partial charge in [-0.2, -0.15) is 0 Å². The first-order chi connectivity index (χ1) is 11.0. The number of nitrogen functional groups attached to an aromatic ring is 1. The number of nitrogens with two attached hydrogens (primary N) is 5. The van der Waals surface area contributed by atoms with Gasteiger partial charge in [-0.15, -0.1) is 0 Å². The molecule has 2 aromatic rings. The Kier molecular flexibility index (Phi) is 3.96. The van der Waals surface area contributed by atoms with Crippen molar-refractivity contribution in [2.75, 3.05) is 15.5 Å². The summed E-state index contributed by atoms with van der Waals surface area (Å²) in [6.45, 7) is 0. The van der Waals surface area contributed by atoms with Crippen LogP contribution in [0, 0.1) is 0 Å². The lowest BCUT2D eigenvalue weighted by atomic mass is 9.96. The maximum absolute atomic E-state index is 12.5. The van der Waals surface area contributed by atoms with Gasteiger partial charge >= 0.3 is 7.59 Å². The Morgan fingerprint density at radius 2 is 1.50 bits per heavy atom. The van der Waals surface area contributed by atoms with Gasteiger partial charge < -0.3 is 10.8 Å². The van der Waals surface area contributed by atoms with Crippen LogP contribution < -0.4 is 37.5 Å². The molecule has 0 radical (unpaired) electrons. The number of nitrogens with one attached hydrogen (secondary N) is 1. The third-order valence-corrected chi connectivity index (χ3v) is 5.31. The smallest absolute Gasteiger partial charge is 0.305 e. The van der Waals surface area contributed by atoms with Gasteiger partial charge in [0.2, 0.25) is 0 Å². The topological polar surface area (TPSA) is 180 Å². The second-order valence-electron chi connectivity index (χ2n) is 5.71. The van der Waals surface area contributed by atoms with E-state index in [-0.39, 0.29) is 0 Å². The van der Waals surface area contributed by atoms with E-state index in [0.717, 1.165) is 11.1 Å². The molecule has 0 fully saturated rings. The van der Waals surface area contributed by atoms with Crippen LogP contribution in [0.4, 0.5) is 22.7 Å². The molecule has 0 aliphatic carbocycles. The Morgan fingerprint density at radius 3 is 2.08 bits per heavy atom. The monoisotopic (exact) mass is 367 g/mol. The summed E-state index contributed by atoms with van der Waals surface area (Å²) < 4.78 is 25.5. The predicted octanol–water partition coefficient (Wildman–Crippen LogP) is 1.77. The molecule has 1 aliphatic rings. The maximum atomic E-state index is 12.5. The lowest BCUT2D eigenvalue weighted by molar-refractivity contribution is 0.576. The largest absolute Gasteiger partial charge is 0.399 e. The first kappa shape index (κ1) is 17.0. The summed E-state index contributed by atoms with van der Waals surface area (Å²) >= 11 is 0. The van der Waals surface area contributed by atoms with Crippen LogP contribution in [0.1, 0.15) is 11.1 Å². The van der Waals surface area contributed by atoms with E-state index in [9.17, 15) is 9.13 Å². The molecule has 3 rings (SSSR count). The highest BCUT2D eigenvalue weighted by Crippen LogP contribution is 2.52. The molecule has 0 saturated carbocycles. The summed E-state index contributed by atoms with van der Waals surface area (Å²) in [5, 5.41) is 2.53. The van der Waals surface area contributed by atoms with Crippen LogP contribution in [-0.2, 0) is 15.6 Å². The summed E-state index contributed by atoms with van der Waals surface area (Å²) in [5.74, 6) is 0. The fourth-order valence-electron chi connectivity index (χ4n) is 2.78. The zero-order chi connectivity index (χ0) is 17.7. The van der Waals surface area contributed by atoms with Crippen LogP contribution in [0.3, 0.4) is 0 Å². The first-order valence-corrected chi connectivity index (χ1v) is 10.6. The number of benzene rings is 2. The molecule has 9 nitrogen and oxygen atoms in total. The van der Waals surface area contributed by atoms with Crippen molar-refractivity contribution in [1.82, 2.24) is 0 Å². The van der Waals surface area contributed by atoms with E-state index in [4.69, 9.17) is 27.8 Å². The van der Waals surface area contributed by atoms with Gasteiger partial charge in [0, 0.05) is 17.8 Å². The number of anilines is 4. The van der Waals surface area contributed by atoms with E-state index in [1.54, 1.807) is 30.3 Å². The minimum Gasteiger partial charge on any atom is -0.399 e. The lowest BCUT2D eigenvalue weighted by Gasteiger charge is -2.35. The van der Waals surface area contributed by atoms with Gasteiger partial charge in [0.15, 0.2) is 0 Å². The number of hydrogen-bond donors (Lipinski definition) is 6. The van der Waals surface area contributed by atoms with Gasteiger partial charge in [0.05, 0.1) is 11.4 Å². The molecular formula is C13H19N7O2P2. The molecule has 0 atom stereocenters. The number of rotatable bonds is 3. The predicted molar refractivity (Wildman–Crippen MR) is 97.8 cm³/mol. The molecule has 0 bridgehead atoms. The molecule has 1 heterocycles. The SMILES string of the molecule is Nc1ccc2c(c1)N(P(N)(N)=O)c1cc(NP(N)(N)=O)ccc1C2. The zero-order valence-corrected chi connectivity index (χ0v) is 14.5. The van der Waals surface area contributed by atoms with E-state index >= 15 is 0 Å². The molecule has 11 heteroatoms. The van der Waals surface area contributed by atoms with Gasteiger partial charge in [-0.1, -0.05) is 12.1 Å². The molecule has 1 aliphatic heterocycles. The van der Waals surface area contributed by atoms with E-state index in [2.05, 4.69) is 5.09 Å². The van der Waals surface area contributed by atoms with E-state index < -0.39 is 15.2 Å². The summed E-state index contributed by atoms with van der Waals surface area (Å²) in [5.41, 5.74) is 31.8. The van der Waals surface area contributed by atoms with E-state index in [1.807, 2.05) is 6.07 Å². The van der Waals surface area contributed by atoms with Crippen LogP contribution >= 0.6 is 15.2 Å². The lowest BCUT2D eigenvalue weighted by Crippen LogP contribution is -2.28. The highest BCUT2D eigenvalue weighted by atomic mass is 31.2. The van der Waals surface area contributed by atoms with Crippen molar-refractivity contribution >= 4 is 37.9 Å². The van der Waals surface area contributed by atoms with Crippen molar-refractivity contribution in [3.8, 4) is 0 Å². The normalized spacial score (nSPS) is 14.1. The second kappa shape index (κ2) is 5.60. The highest BCUT2D eigenvalue weighted by molar-refractivity contribution is 7.61. The van der Waals surface area contributed by atoms with Crippen molar-refractivity contribution in [2.45, 2.75) is 6.42 Å². The molecule has 24 heavy (non-hydrogen) atoms. The standard InChI is InChI=1S/C13H19N7O2P2/c14-10-3-1-8-5-9-2-4-11(19-23(15,16)21)7-13(9)20(12(8)6-10)24(17,18)22/h1-4,6-7H,5,14H2,(H4,17,18,22)(H5,15,16,19,21). The molecule has 0 saturated heterocycles. The quantitative estimate of drug-likeness (QED) is 0.348. The summed E-state index contributed by atoms with van der Waals surface area (Å²) in [6.07, 6.45) is 0.588. The maximum Gasteiger partial charge on any atom is 0.305 e. The van der Waals surface area contributed by atoms with Gasteiger partial charge in [-0.05, 0) is 35.4 Å². The molecule has 11 N–H and O–H groups in total. The van der Waals surface area contributed by atoms with Crippen molar-refractivity contribution in [1.29, 1.82) is 0 Å². The number of hydrogen-bond acceptors (Lipinski definition) is 3. The molecule has 0 amide bonds. The van der Waals surface area contributed by atoms with E-state index in [0.29, 0.717) is 29.2 Å². The third kappa shape index (κ3) is 3.32. The Labute approximate surface area is 139 Å². The van der Waals surface area contributed by atoms with Gasteiger partial charge in [0.1, 0.15) is 0 Å². The van der Waals surface area contributed by atoms with E-state index in [1.165, 1.54) is 4.67 Å². The first-order valence-electron chi connectivity index (χ1n) is 6.99. The van der Waals surface area contributed by atoms with Gasteiger partial charge in [-0.25, -0.2) is 0 Å². The molecule has 2 aromatic carbocycles. The van der Waals surface area contributed by atoms with Crippen LogP contribution in [0.5, 0.6) is 0 Å². The van der Waals surface area contributed by atoms with Crippen LogP contribution in [0.15, 0.2) is 36.4 Å². The van der Waals surface area contributed by atoms with Crippen LogP contribution in [-0.4, -0.2) is 0 Å². The number of fused-ring (bicyclic) bond motifs is 2. The van der Waals surface area contributed by atoms with Crippen molar-refractivity contribution in [2.24, 2.45) is 22.0 Å². The Hall–Kier alpha value is -1.86. The molecule has 0 unspecified atom stereocenters. The van der Waals surface area contributed by atoms with Crippen LogP contribution in [0.25, 0.3) is 0 Å². The minimum atomic E-state index is -3.68. The van der Waals surface area contributed by atoms with Crippen LogP contribution in [0.2, 0.25) is 0 Å². The third-order valence-electron chi connectivity index (χ3n) is 3.65. The Bertz CT molecular complexity index is 905. The van der Waals surface area contributed by atoms with Crippen molar-refractivity contribution < 1.29 is 9.13 Å². The summed E-state index contributed by atoms with van der Waals surface area (Å²) in [6, 6.07) is 10.4. The zero-order valence-electron chi connectivity index (χ0n) is 12.7. The highest BCUT2D eigenvalue weighted by Gasteiger charge is 2.32. The minimum absolute atomic E-state index is 0.410. The average molecular weight is 367 g/mol. The van der Waals surface area contributed by atoms with Crippen molar-refractivity contribution in [3.05, 3.63) is 47.5 Å². The van der Waals surface area contributed by atoms with Crippen molar-refractivity contribution in [3.63, 3.8) is 0 Å². The molecule has 0 aromatic heterocycles. The fraction of sp³-hybridized carbons (Fsp3) is 0.0769. The molecule has 0 spiro atoms. The molecular weight excluding hydrogens is 348 g/mol. The summed E-state index contributed by atoms with van der Waals surface area (Å²) in [4.78, 5) is 0. The second-order valence-corrected chi connectivity index (χ2v) is 9.10. The summed E-state index contributed by atoms with van der Waals surface area (Å²) in [7, 11) is -7.16.